The Kier molecular flexibility index (Phi) is 4.94. The Morgan fingerprint density at radius 2 is 1.95 bits per heavy atom. The third-order valence-corrected chi connectivity index (χ3v) is 4.44. The smallest absolute Gasteiger partial charge is 0.0726 e. The number of benzene rings is 1. The Balaban J connectivity index is 1.89. The number of pyridine rings is 1. The largest absolute Gasteiger partial charge is 0.378 e. The number of anilines is 1. The highest BCUT2D eigenvalue weighted by Gasteiger charge is 2.21. The van der Waals surface area contributed by atoms with E-state index in [1.54, 1.807) is 0 Å². The number of aryl methyl sites for hydroxylation is 1. The van der Waals surface area contributed by atoms with Gasteiger partial charge in [0.05, 0.1) is 11.6 Å². The van der Waals surface area contributed by atoms with Crippen LogP contribution in [0.4, 0.5) is 5.69 Å². The summed E-state index contributed by atoms with van der Waals surface area (Å²) in [5.74, 6) is 0. The quantitative estimate of drug-likeness (QED) is 0.827. The number of fused-ring (bicyclic) bond motifs is 1. The van der Waals surface area contributed by atoms with E-state index in [0.29, 0.717) is 6.10 Å². The maximum atomic E-state index is 5.78. The fraction of sp³-hybridized carbons (Fsp3) is 0.526. The molecule has 0 N–H and O–H groups in total. The average molecular weight is 298 g/mol. The molecule has 0 bridgehead atoms. The molecular weight excluding hydrogens is 272 g/mol. The molecule has 1 aliphatic rings. The molecular formula is C19H26N2O. The topological polar surface area (TPSA) is 25.4 Å². The highest BCUT2D eigenvalue weighted by molar-refractivity contribution is 5.92. The van der Waals surface area contributed by atoms with Gasteiger partial charge in [0.15, 0.2) is 0 Å². The molecule has 3 rings (SSSR count). The van der Waals surface area contributed by atoms with Gasteiger partial charge in [0, 0.05) is 36.5 Å². The van der Waals surface area contributed by atoms with Gasteiger partial charge in [-0.05, 0) is 38.3 Å². The van der Waals surface area contributed by atoms with Crippen LogP contribution in [0.1, 0.15) is 38.8 Å². The van der Waals surface area contributed by atoms with Crippen LogP contribution < -0.4 is 4.90 Å². The van der Waals surface area contributed by atoms with Crippen LogP contribution in [0.15, 0.2) is 30.3 Å². The number of rotatable bonds is 5. The number of aromatic nitrogens is 1. The van der Waals surface area contributed by atoms with Crippen molar-refractivity contribution < 1.29 is 4.74 Å². The molecule has 2 heterocycles. The van der Waals surface area contributed by atoms with E-state index in [9.17, 15) is 0 Å². The van der Waals surface area contributed by atoms with E-state index in [1.807, 2.05) is 0 Å². The molecule has 1 aliphatic heterocycles. The number of nitrogens with zero attached hydrogens (tertiary/aromatic N) is 2. The zero-order valence-corrected chi connectivity index (χ0v) is 13.7. The second-order valence-corrected chi connectivity index (χ2v) is 6.04. The molecule has 118 valence electrons. The van der Waals surface area contributed by atoms with E-state index in [0.717, 1.165) is 50.9 Å². The van der Waals surface area contributed by atoms with E-state index >= 15 is 0 Å². The van der Waals surface area contributed by atoms with Crippen LogP contribution in [0.5, 0.6) is 0 Å². The van der Waals surface area contributed by atoms with E-state index < -0.39 is 0 Å². The minimum absolute atomic E-state index is 0.435. The Labute approximate surface area is 133 Å². The Morgan fingerprint density at radius 1 is 1.18 bits per heavy atom. The molecule has 0 atom stereocenters. The van der Waals surface area contributed by atoms with Gasteiger partial charge >= 0.3 is 0 Å². The lowest BCUT2D eigenvalue weighted by atomic mass is 10.0. The Hall–Kier alpha value is -1.61. The molecule has 0 unspecified atom stereocenters. The predicted molar refractivity (Wildman–Crippen MR) is 92.6 cm³/mol. The maximum absolute atomic E-state index is 5.78. The Morgan fingerprint density at radius 3 is 2.68 bits per heavy atom. The highest BCUT2D eigenvalue weighted by Crippen LogP contribution is 2.30. The summed E-state index contributed by atoms with van der Waals surface area (Å²) < 4.78 is 5.78. The molecule has 3 heteroatoms. The van der Waals surface area contributed by atoms with E-state index in [1.165, 1.54) is 16.8 Å². The third-order valence-electron chi connectivity index (χ3n) is 4.44. The normalized spacial score (nSPS) is 16.4. The van der Waals surface area contributed by atoms with Gasteiger partial charge in [0.1, 0.15) is 0 Å². The van der Waals surface area contributed by atoms with Gasteiger partial charge in [0.2, 0.25) is 0 Å². The average Bonchev–Trinajstić information content (AvgIpc) is 2.55. The first-order valence-electron chi connectivity index (χ1n) is 8.57. The van der Waals surface area contributed by atoms with Crippen molar-refractivity contribution in [1.82, 2.24) is 4.98 Å². The highest BCUT2D eigenvalue weighted by atomic mass is 16.5. The number of para-hydroxylation sites is 1. The minimum Gasteiger partial charge on any atom is -0.378 e. The van der Waals surface area contributed by atoms with Crippen molar-refractivity contribution >= 4 is 16.6 Å². The van der Waals surface area contributed by atoms with Gasteiger partial charge in [-0.15, -0.1) is 0 Å². The minimum atomic E-state index is 0.435. The molecule has 1 aromatic carbocycles. The molecule has 1 aromatic heterocycles. The van der Waals surface area contributed by atoms with Crippen LogP contribution >= 0.6 is 0 Å². The zero-order valence-electron chi connectivity index (χ0n) is 13.7. The second kappa shape index (κ2) is 7.10. The summed E-state index contributed by atoms with van der Waals surface area (Å²) >= 11 is 0. The van der Waals surface area contributed by atoms with Crippen LogP contribution in [0.2, 0.25) is 0 Å². The molecule has 0 amide bonds. The summed E-state index contributed by atoms with van der Waals surface area (Å²) in [7, 11) is 0. The molecule has 0 spiro atoms. The number of piperidine rings is 1. The van der Waals surface area contributed by atoms with Gasteiger partial charge in [-0.1, -0.05) is 31.5 Å². The molecule has 22 heavy (non-hydrogen) atoms. The van der Waals surface area contributed by atoms with Crippen molar-refractivity contribution in [2.75, 3.05) is 24.6 Å². The van der Waals surface area contributed by atoms with Crippen molar-refractivity contribution in [3.63, 3.8) is 0 Å². The summed E-state index contributed by atoms with van der Waals surface area (Å²) in [5, 5.41) is 1.28. The molecule has 2 aromatic rings. The summed E-state index contributed by atoms with van der Waals surface area (Å²) in [6.45, 7) is 7.27. The maximum Gasteiger partial charge on any atom is 0.0726 e. The van der Waals surface area contributed by atoms with Crippen molar-refractivity contribution in [1.29, 1.82) is 0 Å². The van der Waals surface area contributed by atoms with Crippen LogP contribution in [-0.4, -0.2) is 30.8 Å². The van der Waals surface area contributed by atoms with E-state index in [2.05, 4.69) is 49.1 Å². The van der Waals surface area contributed by atoms with Crippen molar-refractivity contribution in [3.05, 3.63) is 36.0 Å². The molecule has 3 nitrogen and oxygen atoms in total. The first kappa shape index (κ1) is 15.3. The van der Waals surface area contributed by atoms with Crippen molar-refractivity contribution in [2.45, 2.75) is 45.6 Å². The SMILES string of the molecule is CCCc1cc(N2CCC(OCC)CC2)c2ccccc2n1. The molecule has 0 radical (unpaired) electrons. The number of hydrogen-bond donors (Lipinski definition) is 0. The number of ether oxygens (including phenoxy) is 1. The first-order valence-corrected chi connectivity index (χ1v) is 8.57. The van der Waals surface area contributed by atoms with Crippen molar-refractivity contribution in [3.8, 4) is 0 Å². The van der Waals surface area contributed by atoms with Gasteiger partial charge in [0.25, 0.3) is 0 Å². The van der Waals surface area contributed by atoms with Gasteiger partial charge in [-0.25, -0.2) is 0 Å². The zero-order chi connectivity index (χ0) is 15.4. The predicted octanol–water partition coefficient (Wildman–Crippen LogP) is 4.19. The summed E-state index contributed by atoms with van der Waals surface area (Å²) in [5.41, 5.74) is 3.68. The van der Waals surface area contributed by atoms with Gasteiger partial charge < -0.3 is 9.64 Å². The molecule has 0 saturated carbocycles. The van der Waals surface area contributed by atoms with Crippen LogP contribution in [0, 0.1) is 0 Å². The van der Waals surface area contributed by atoms with Crippen molar-refractivity contribution in [2.24, 2.45) is 0 Å². The Bertz CT molecular complexity index is 618. The lowest BCUT2D eigenvalue weighted by molar-refractivity contribution is 0.0459. The first-order chi connectivity index (χ1) is 10.8. The second-order valence-electron chi connectivity index (χ2n) is 6.04. The van der Waals surface area contributed by atoms with Crippen LogP contribution in [0.3, 0.4) is 0 Å². The van der Waals surface area contributed by atoms with Crippen LogP contribution in [-0.2, 0) is 11.2 Å². The van der Waals surface area contributed by atoms with E-state index in [-0.39, 0.29) is 0 Å². The fourth-order valence-corrected chi connectivity index (χ4v) is 3.36. The molecule has 1 fully saturated rings. The standard InChI is InChI=1S/C19H26N2O/c1-3-7-15-14-19(17-8-5-6-9-18(17)20-15)21-12-10-16(11-13-21)22-4-2/h5-6,8-9,14,16H,3-4,7,10-13H2,1-2H3. The third kappa shape index (κ3) is 3.25. The summed E-state index contributed by atoms with van der Waals surface area (Å²) in [6, 6.07) is 10.8. The number of hydrogen-bond acceptors (Lipinski definition) is 3. The molecule has 1 saturated heterocycles. The van der Waals surface area contributed by atoms with Crippen LogP contribution in [0.25, 0.3) is 10.9 Å². The summed E-state index contributed by atoms with van der Waals surface area (Å²) in [4.78, 5) is 7.33. The lowest BCUT2D eigenvalue weighted by Gasteiger charge is -2.34. The van der Waals surface area contributed by atoms with E-state index in [4.69, 9.17) is 9.72 Å². The summed E-state index contributed by atoms with van der Waals surface area (Å²) in [6.07, 6.45) is 4.86. The lowest BCUT2D eigenvalue weighted by Crippen LogP contribution is -2.37. The van der Waals surface area contributed by atoms with Gasteiger partial charge in [-0.3, -0.25) is 4.98 Å². The molecule has 0 aliphatic carbocycles. The monoisotopic (exact) mass is 298 g/mol. The fourth-order valence-electron chi connectivity index (χ4n) is 3.36. The van der Waals surface area contributed by atoms with Gasteiger partial charge in [-0.2, -0.15) is 0 Å².